The second-order valence-electron chi connectivity index (χ2n) is 6.68. The van der Waals surface area contributed by atoms with E-state index in [4.69, 9.17) is 0 Å². The van der Waals surface area contributed by atoms with Crippen molar-refractivity contribution >= 4 is 5.97 Å². The number of carboxylic acids is 1. The van der Waals surface area contributed by atoms with Gasteiger partial charge in [0.1, 0.15) is 6.04 Å². The van der Waals surface area contributed by atoms with E-state index in [1.54, 1.807) is 0 Å². The number of hydrogen-bond donors (Lipinski definition) is 3. The molecule has 0 aromatic heterocycles. The number of hydrogen-bond acceptors (Lipinski definition) is 3. The Morgan fingerprint density at radius 2 is 1.70 bits per heavy atom. The van der Waals surface area contributed by atoms with Crippen LogP contribution in [0.2, 0.25) is 0 Å². The molecule has 116 valence electrons. The Kier molecular flexibility index (Phi) is 6.30. The highest BCUT2D eigenvalue weighted by molar-refractivity contribution is 5.73. The Hall–Kier alpha value is -0.610. The molecular weight excluding hydrogens is 252 g/mol. The second-order valence-corrected chi connectivity index (χ2v) is 6.68. The number of aliphatic carboxylic acids is 1. The van der Waals surface area contributed by atoms with E-state index in [2.05, 4.69) is 10.6 Å². The first-order chi connectivity index (χ1) is 9.72. The molecule has 2 aliphatic rings. The smallest absolute Gasteiger partial charge is 0.320 e. The van der Waals surface area contributed by atoms with Crippen LogP contribution >= 0.6 is 0 Å². The molecule has 1 unspecified atom stereocenters. The molecule has 0 bridgehead atoms. The Morgan fingerprint density at radius 3 is 2.45 bits per heavy atom. The molecule has 20 heavy (non-hydrogen) atoms. The maximum atomic E-state index is 11.4. The Balaban J connectivity index is 1.94. The first kappa shape index (κ1) is 15.8. The number of nitrogens with one attached hydrogen (secondary N) is 2. The fourth-order valence-corrected chi connectivity index (χ4v) is 3.72. The number of rotatable bonds is 1. The van der Waals surface area contributed by atoms with E-state index in [-0.39, 0.29) is 6.04 Å². The fraction of sp³-hybridized carbons (Fsp3) is 0.938. The third-order valence-electron chi connectivity index (χ3n) is 5.11. The van der Waals surface area contributed by atoms with Crippen LogP contribution in [-0.2, 0) is 4.79 Å². The van der Waals surface area contributed by atoms with Crippen molar-refractivity contribution in [1.29, 1.82) is 0 Å². The lowest BCUT2D eigenvalue weighted by Gasteiger charge is -2.31. The first-order valence-corrected chi connectivity index (χ1v) is 8.39. The largest absolute Gasteiger partial charge is 0.480 e. The summed E-state index contributed by atoms with van der Waals surface area (Å²) in [6.45, 7) is 3.08. The van der Waals surface area contributed by atoms with Gasteiger partial charge in [0, 0.05) is 6.54 Å². The molecule has 1 saturated heterocycles. The minimum atomic E-state index is -0.675. The van der Waals surface area contributed by atoms with Crippen LogP contribution < -0.4 is 10.6 Å². The summed E-state index contributed by atoms with van der Waals surface area (Å²) in [7, 11) is 0. The van der Waals surface area contributed by atoms with E-state index in [0.29, 0.717) is 5.41 Å². The van der Waals surface area contributed by atoms with Crippen LogP contribution in [0.15, 0.2) is 0 Å². The minimum Gasteiger partial charge on any atom is -0.480 e. The van der Waals surface area contributed by atoms with Crippen molar-refractivity contribution in [3.8, 4) is 0 Å². The van der Waals surface area contributed by atoms with E-state index in [9.17, 15) is 9.90 Å². The van der Waals surface area contributed by atoms with E-state index >= 15 is 0 Å². The Bertz CT molecular complexity index is 301. The molecule has 4 nitrogen and oxygen atoms in total. The van der Waals surface area contributed by atoms with Crippen LogP contribution in [0.4, 0.5) is 0 Å². The molecular formula is C16H30N2O2. The summed E-state index contributed by atoms with van der Waals surface area (Å²) in [6.07, 6.45) is 11.7. The third kappa shape index (κ3) is 4.74. The average molecular weight is 282 g/mol. The van der Waals surface area contributed by atoms with Crippen molar-refractivity contribution in [2.24, 2.45) is 5.41 Å². The monoisotopic (exact) mass is 282 g/mol. The molecule has 1 heterocycles. The maximum Gasteiger partial charge on any atom is 0.320 e. The molecule has 0 amide bonds. The lowest BCUT2D eigenvalue weighted by Crippen LogP contribution is -2.43. The van der Waals surface area contributed by atoms with Gasteiger partial charge in [-0.05, 0) is 50.6 Å². The van der Waals surface area contributed by atoms with Gasteiger partial charge in [-0.1, -0.05) is 32.1 Å². The Labute approximate surface area is 122 Å². The normalized spacial score (nSPS) is 29.3. The van der Waals surface area contributed by atoms with Gasteiger partial charge in [-0.2, -0.15) is 0 Å². The van der Waals surface area contributed by atoms with Crippen LogP contribution in [0.25, 0.3) is 0 Å². The van der Waals surface area contributed by atoms with Crippen LogP contribution in [0.5, 0.6) is 0 Å². The minimum absolute atomic E-state index is 0.342. The van der Waals surface area contributed by atoms with Crippen molar-refractivity contribution in [2.75, 3.05) is 19.6 Å². The standard InChI is InChI=1S/C16H30N2O2/c19-15(20)14-7-3-1-2-6-11-17-12-10-16(13-18-14)8-4-5-9-16/h14,17-18H,1-13H2,(H,19,20). The molecule has 1 saturated carbocycles. The van der Waals surface area contributed by atoms with E-state index in [1.165, 1.54) is 44.9 Å². The van der Waals surface area contributed by atoms with Gasteiger partial charge in [-0.15, -0.1) is 0 Å². The van der Waals surface area contributed by atoms with Gasteiger partial charge < -0.3 is 15.7 Å². The number of carbonyl (C=O) groups is 1. The van der Waals surface area contributed by atoms with Crippen LogP contribution in [0.3, 0.4) is 0 Å². The van der Waals surface area contributed by atoms with Crippen LogP contribution in [-0.4, -0.2) is 36.8 Å². The van der Waals surface area contributed by atoms with E-state index in [1.807, 2.05) is 0 Å². The fourth-order valence-electron chi connectivity index (χ4n) is 3.72. The Morgan fingerprint density at radius 1 is 0.950 bits per heavy atom. The zero-order valence-corrected chi connectivity index (χ0v) is 12.6. The van der Waals surface area contributed by atoms with Gasteiger partial charge in [-0.25, -0.2) is 0 Å². The molecule has 2 rings (SSSR count). The lowest BCUT2D eigenvalue weighted by molar-refractivity contribution is -0.139. The lowest BCUT2D eigenvalue weighted by atomic mass is 9.82. The SMILES string of the molecule is O=C(O)C1CCCCCCNCCC2(CCCC2)CN1. The predicted octanol–water partition coefficient (Wildman–Crippen LogP) is 2.53. The molecule has 4 heteroatoms. The zero-order chi connectivity index (χ0) is 14.3. The van der Waals surface area contributed by atoms with Crippen molar-refractivity contribution in [2.45, 2.75) is 70.3 Å². The molecule has 1 atom stereocenters. The molecule has 1 aliphatic heterocycles. The van der Waals surface area contributed by atoms with Gasteiger partial charge >= 0.3 is 5.97 Å². The van der Waals surface area contributed by atoms with Crippen molar-refractivity contribution in [1.82, 2.24) is 10.6 Å². The summed E-state index contributed by atoms with van der Waals surface area (Å²) in [5.41, 5.74) is 0.342. The van der Waals surface area contributed by atoms with Crippen molar-refractivity contribution in [3.05, 3.63) is 0 Å². The van der Waals surface area contributed by atoms with Gasteiger partial charge in [0.2, 0.25) is 0 Å². The number of carboxylic acid groups (broad SMARTS) is 1. The van der Waals surface area contributed by atoms with E-state index < -0.39 is 5.97 Å². The summed E-state index contributed by atoms with van der Waals surface area (Å²) < 4.78 is 0. The van der Waals surface area contributed by atoms with Crippen molar-refractivity contribution < 1.29 is 9.90 Å². The molecule has 2 fully saturated rings. The zero-order valence-electron chi connectivity index (χ0n) is 12.6. The topological polar surface area (TPSA) is 61.4 Å². The third-order valence-corrected chi connectivity index (χ3v) is 5.11. The highest BCUT2D eigenvalue weighted by Gasteiger charge is 2.34. The highest BCUT2D eigenvalue weighted by atomic mass is 16.4. The average Bonchev–Trinajstić information content (AvgIpc) is 2.89. The highest BCUT2D eigenvalue weighted by Crippen LogP contribution is 2.40. The molecule has 0 radical (unpaired) electrons. The van der Waals surface area contributed by atoms with Gasteiger partial charge in [0.25, 0.3) is 0 Å². The molecule has 0 aromatic rings. The van der Waals surface area contributed by atoms with Gasteiger partial charge in [0.15, 0.2) is 0 Å². The van der Waals surface area contributed by atoms with Gasteiger partial charge in [0.05, 0.1) is 0 Å². The van der Waals surface area contributed by atoms with Crippen LogP contribution in [0.1, 0.15) is 64.2 Å². The summed E-state index contributed by atoms with van der Waals surface area (Å²) in [6, 6.07) is -0.346. The van der Waals surface area contributed by atoms with Crippen LogP contribution in [0, 0.1) is 5.41 Å². The summed E-state index contributed by atoms with van der Waals surface area (Å²) >= 11 is 0. The molecule has 1 spiro atoms. The van der Waals surface area contributed by atoms with E-state index in [0.717, 1.165) is 38.9 Å². The summed E-state index contributed by atoms with van der Waals surface area (Å²) in [5, 5.41) is 16.3. The molecule has 1 aliphatic carbocycles. The summed E-state index contributed by atoms with van der Waals surface area (Å²) in [5.74, 6) is -0.675. The van der Waals surface area contributed by atoms with Gasteiger partial charge in [-0.3, -0.25) is 4.79 Å². The first-order valence-electron chi connectivity index (χ1n) is 8.39. The predicted molar refractivity (Wildman–Crippen MR) is 80.9 cm³/mol. The maximum absolute atomic E-state index is 11.4. The quantitative estimate of drug-likeness (QED) is 0.691. The second kappa shape index (κ2) is 7.99. The summed E-state index contributed by atoms with van der Waals surface area (Å²) in [4.78, 5) is 11.4. The molecule has 0 aromatic carbocycles. The molecule has 3 N–H and O–H groups in total. The van der Waals surface area contributed by atoms with Crippen molar-refractivity contribution in [3.63, 3.8) is 0 Å².